The van der Waals surface area contributed by atoms with Crippen molar-refractivity contribution in [1.29, 1.82) is 0 Å². The number of carbonyl (C=O) groups excluding carboxylic acids is 2. The van der Waals surface area contributed by atoms with Crippen LogP contribution in [-0.2, 0) is 19.2 Å². The van der Waals surface area contributed by atoms with Gasteiger partial charge in [0.25, 0.3) is 0 Å². The van der Waals surface area contributed by atoms with Crippen LogP contribution in [0.3, 0.4) is 0 Å². The Hall–Kier alpha value is -2.16. The van der Waals surface area contributed by atoms with Gasteiger partial charge in [0.05, 0.1) is 0 Å². The highest BCUT2D eigenvalue weighted by molar-refractivity contribution is 5.91. The molecule has 0 rings (SSSR count). The minimum absolute atomic E-state index is 0.270. The van der Waals surface area contributed by atoms with Crippen molar-refractivity contribution in [3.8, 4) is 0 Å². The molecule has 0 spiro atoms. The van der Waals surface area contributed by atoms with E-state index in [1.807, 2.05) is 0 Å². The van der Waals surface area contributed by atoms with Crippen LogP contribution in [-0.4, -0.2) is 57.3 Å². The summed E-state index contributed by atoms with van der Waals surface area (Å²) in [7, 11) is 0. The zero-order chi connectivity index (χ0) is 15.9. The molecular weight excluding hydrogens is 272 g/mol. The molecule has 0 heterocycles. The van der Waals surface area contributed by atoms with E-state index in [9.17, 15) is 19.2 Å². The molecule has 9 heteroatoms. The predicted octanol–water partition coefficient (Wildman–Crippen LogP) is -1.69. The van der Waals surface area contributed by atoms with Gasteiger partial charge in [-0.25, -0.2) is 4.79 Å². The lowest BCUT2D eigenvalue weighted by Gasteiger charge is -2.18. The number of carboxylic acid groups (broad SMARTS) is 2. The van der Waals surface area contributed by atoms with Gasteiger partial charge in [0, 0.05) is 6.42 Å². The van der Waals surface area contributed by atoms with Gasteiger partial charge in [0.2, 0.25) is 11.8 Å². The van der Waals surface area contributed by atoms with Crippen LogP contribution < -0.4 is 10.6 Å². The van der Waals surface area contributed by atoms with Crippen LogP contribution in [0.5, 0.6) is 0 Å². The molecule has 0 aliphatic heterocycles. The third kappa shape index (κ3) is 6.69. The fourth-order valence-corrected chi connectivity index (χ4v) is 1.22. The number of aliphatic hydroxyl groups is 1. The number of nitrogens with one attached hydrogen (secondary N) is 2. The van der Waals surface area contributed by atoms with Crippen LogP contribution in [0.2, 0.25) is 0 Å². The molecule has 0 radical (unpaired) electrons. The molecule has 9 nitrogen and oxygen atoms in total. The third-order valence-electron chi connectivity index (χ3n) is 2.39. The van der Waals surface area contributed by atoms with E-state index >= 15 is 0 Å². The monoisotopic (exact) mass is 290 g/mol. The normalized spacial score (nSPS) is 14.8. The average molecular weight is 290 g/mol. The molecule has 0 saturated carbocycles. The van der Waals surface area contributed by atoms with Gasteiger partial charge in [-0.1, -0.05) is 0 Å². The Bertz CT molecular complexity index is 394. The lowest BCUT2D eigenvalue weighted by atomic mass is 10.1. The summed E-state index contributed by atoms with van der Waals surface area (Å²) in [4.78, 5) is 44.0. The number of rotatable bonds is 8. The van der Waals surface area contributed by atoms with Crippen LogP contribution in [0.4, 0.5) is 0 Å². The van der Waals surface area contributed by atoms with Gasteiger partial charge < -0.3 is 26.0 Å². The van der Waals surface area contributed by atoms with Gasteiger partial charge in [0.15, 0.2) is 0 Å². The van der Waals surface area contributed by atoms with E-state index in [0.717, 1.165) is 0 Å². The average Bonchev–Trinajstić information content (AvgIpc) is 2.32. The van der Waals surface area contributed by atoms with Crippen molar-refractivity contribution >= 4 is 23.8 Å². The molecule has 0 aliphatic carbocycles. The first-order valence-electron chi connectivity index (χ1n) is 5.88. The molecule has 0 saturated heterocycles. The Labute approximate surface area is 115 Å². The van der Waals surface area contributed by atoms with E-state index < -0.39 is 48.4 Å². The second-order valence-electron chi connectivity index (χ2n) is 4.24. The van der Waals surface area contributed by atoms with Crippen LogP contribution in [0, 0.1) is 0 Å². The fraction of sp³-hybridized carbons (Fsp3) is 0.636. The van der Waals surface area contributed by atoms with E-state index in [1.165, 1.54) is 13.8 Å². The fourth-order valence-electron chi connectivity index (χ4n) is 1.22. The lowest BCUT2D eigenvalue weighted by molar-refractivity contribution is -0.143. The molecular formula is C11H18N2O7. The number of carboxylic acids is 2. The molecule has 3 atom stereocenters. The van der Waals surface area contributed by atoms with Gasteiger partial charge in [-0.2, -0.15) is 0 Å². The second-order valence-corrected chi connectivity index (χ2v) is 4.24. The van der Waals surface area contributed by atoms with Crippen LogP contribution in [0.15, 0.2) is 0 Å². The van der Waals surface area contributed by atoms with Gasteiger partial charge in [-0.15, -0.1) is 0 Å². The van der Waals surface area contributed by atoms with Crippen molar-refractivity contribution in [3.63, 3.8) is 0 Å². The Morgan fingerprint density at radius 1 is 1.00 bits per heavy atom. The Morgan fingerprint density at radius 2 is 1.55 bits per heavy atom. The van der Waals surface area contributed by atoms with Crippen molar-refractivity contribution in [1.82, 2.24) is 10.6 Å². The smallest absolute Gasteiger partial charge is 0.326 e. The predicted molar refractivity (Wildman–Crippen MR) is 65.7 cm³/mol. The summed E-state index contributed by atoms with van der Waals surface area (Å²) in [5.74, 6) is -4.10. The summed E-state index contributed by atoms with van der Waals surface area (Å²) in [5.41, 5.74) is 0. The highest BCUT2D eigenvalue weighted by Gasteiger charge is 2.25. The maximum atomic E-state index is 11.6. The molecule has 0 aromatic rings. The molecule has 2 amide bonds. The van der Waals surface area contributed by atoms with E-state index in [2.05, 4.69) is 10.6 Å². The maximum absolute atomic E-state index is 11.6. The summed E-state index contributed by atoms with van der Waals surface area (Å²) in [5, 5.41) is 30.6. The van der Waals surface area contributed by atoms with Crippen molar-refractivity contribution in [3.05, 3.63) is 0 Å². The first kappa shape index (κ1) is 17.8. The Morgan fingerprint density at radius 3 is 1.95 bits per heavy atom. The summed E-state index contributed by atoms with van der Waals surface area (Å²) < 4.78 is 0. The molecule has 114 valence electrons. The highest BCUT2D eigenvalue weighted by atomic mass is 16.4. The number of carbonyl (C=O) groups is 4. The largest absolute Gasteiger partial charge is 0.481 e. The zero-order valence-electron chi connectivity index (χ0n) is 11.1. The van der Waals surface area contributed by atoms with Crippen molar-refractivity contribution in [2.45, 2.75) is 44.9 Å². The minimum Gasteiger partial charge on any atom is -0.481 e. The molecule has 0 bridgehead atoms. The molecule has 3 unspecified atom stereocenters. The topological polar surface area (TPSA) is 153 Å². The quantitative estimate of drug-likeness (QED) is 0.357. The van der Waals surface area contributed by atoms with Crippen molar-refractivity contribution < 1.29 is 34.5 Å². The molecule has 0 fully saturated rings. The summed E-state index contributed by atoms with van der Waals surface area (Å²) in [6.07, 6.45) is -1.98. The Balaban J connectivity index is 4.48. The summed E-state index contributed by atoms with van der Waals surface area (Å²) in [6.45, 7) is 2.53. The lowest BCUT2D eigenvalue weighted by Crippen LogP contribution is -2.51. The number of aliphatic hydroxyl groups excluding tert-OH is 1. The number of amides is 2. The zero-order valence-corrected chi connectivity index (χ0v) is 11.1. The van der Waals surface area contributed by atoms with Gasteiger partial charge in [-0.05, 0) is 20.3 Å². The molecule has 0 aliphatic rings. The summed E-state index contributed by atoms with van der Waals surface area (Å²) >= 11 is 0. The highest BCUT2D eigenvalue weighted by Crippen LogP contribution is 1.99. The van der Waals surface area contributed by atoms with Crippen molar-refractivity contribution in [2.24, 2.45) is 0 Å². The number of aliphatic carboxylic acids is 2. The van der Waals surface area contributed by atoms with Gasteiger partial charge >= 0.3 is 11.9 Å². The number of hydrogen-bond donors (Lipinski definition) is 5. The van der Waals surface area contributed by atoms with E-state index in [0.29, 0.717) is 0 Å². The SMILES string of the molecule is CC(O)C(=O)NC(C)C(=O)NC(CCC(=O)O)C(=O)O. The maximum Gasteiger partial charge on any atom is 0.326 e. The van der Waals surface area contributed by atoms with Gasteiger partial charge in [0.1, 0.15) is 18.2 Å². The number of hydrogen-bond acceptors (Lipinski definition) is 5. The van der Waals surface area contributed by atoms with E-state index in [4.69, 9.17) is 15.3 Å². The third-order valence-corrected chi connectivity index (χ3v) is 2.39. The molecule has 20 heavy (non-hydrogen) atoms. The van der Waals surface area contributed by atoms with Crippen molar-refractivity contribution in [2.75, 3.05) is 0 Å². The standard InChI is InChI=1S/C11H18N2O7/c1-5(12-10(18)6(2)14)9(17)13-7(11(19)20)3-4-8(15)16/h5-7,14H,3-4H2,1-2H3,(H,12,18)(H,13,17)(H,15,16)(H,19,20). The molecule has 0 aromatic heterocycles. The van der Waals surface area contributed by atoms with Crippen LogP contribution >= 0.6 is 0 Å². The van der Waals surface area contributed by atoms with E-state index in [-0.39, 0.29) is 6.42 Å². The van der Waals surface area contributed by atoms with Crippen LogP contribution in [0.25, 0.3) is 0 Å². The van der Waals surface area contributed by atoms with Crippen LogP contribution in [0.1, 0.15) is 26.7 Å². The first-order chi connectivity index (χ1) is 9.15. The second kappa shape index (κ2) is 8.10. The van der Waals surface area contributed by atoms with Gasteiger partial charge in [-0.3, -0.25) is 14.4 Å². The minimum atomic E-state index is -1.37. The Kier molecular flexibility index (Phi) is 7.22. The first-order valence-corrected chi connectivity index (χ1v) is 5.88. The van der Waals surface area contributed by atoms with E-state index in [1.54, 1.807) is 0 Å². The molecule has 0 aromatic carbocycles. The summed E-state index contributed by atoms with van der Waals surface area (Å²) in [6, 6.07) is -2.41. The molecule has 5 N–H and O–H groups in total.